The number of rotatable bonds is 3. The Bertz CT molecular complexity index is 761. The van der Waals surface area contributed by atoms with Gasteiger partial charge in [-0.25, -0.2) is 0 Å². The van der Waals surface area contributed by atoms with Crippen LogP contribution in [-0.2, 0) is 6.54 Å². The number of nitrogens with zero attached hydrogens (tertiary/aromatic N) is 1. The molecule has 1 unspecified atom stereocenters. The highest BCUT2D eigenvalue weighted by molar-refractivity contribution is 6.35. The first-order valence-corrected chi connectivity index (χ1v) is 8.20. The Hall–Kier alpha value is -1.71. The number of fused-ring (bicyclic) bond motifs is 1. The maximum Gasteiger partial charge on any atom is 0.159 e. The molecule has 0 radical (unpaired) electrons. The van der Waals surface area contributed by atoms with Crippen LogP contribution < -0.4 is 9.64 Å². The highest BCUT2D eigenvalue weighted by Crippen LogP contribution is 2.36. The van der Waals surface area contributed by atoms with E-state index >= 15 is 0 Å². The zero-order valence-corrected chi connectivity index (χ0v) is 14.5. The number of hydrogen-bond acceptors (Lipinski definition) is 3. The summed E-state index contributed by atoms with van der Waals surface area (Å²) in [5.41, 5.74) is 2.58. The highest BCUT2D eigenvalue weighted by Gasteiger charge is 2.24. The van der Waals surface area contributed by atoms with Crippen molar-refractivity contribution in [3.63, 3.8) is 0 Å². The van der Waals surface area contributed by atoms with Gasteiger partial charge in [-0.3, -0.25) is 4.79 Å². The van der Waals surface area contributed by atoms with Gasteiger partial charge in [-0.05, 0) is 49.7 Å². The van der Waals surface area contributed by atoms with Gasteiger partial charge in [0.1, 0.15) is 11.9 Å². The number of carbonyl (C=O) groups is 1. The van der Waals surface area contributed by atoms with Crippen LogP contribution in [0.3, 0.4) is 0 Å². The van der Waals surface area contributed by atoms with E-state index in [0.717, 1.165) is 23.5 Å². The standard InChI is InChI=1S/C18H17Cl2NO2/c1-11-9-21(10-14-3-5-15(19)8-16(14)20)17-7-13(12(2)22)4-6-18(17)23-11/h3-8,11H,9-10H2,1-2H3. The molecule has 0 fully saturated rings. The summed E-state index contributed by atoms with van der Waals surface area (Å²) < 4.78 is 5.88. The third-order valence-electron chi connectivity index (χ3n) is 3.89. The van der Waals surface area contributed by atoms with Crippen molar-refractivity contribution >= 4 is 34.7 Å². The molecule has 1 aliphatic heterocycles. The van der Waals surface area contributed by atoms with E-state index in [1.54, 1.807) is 19.1 Å². The van der Waals surface area contributed by atoms with Crippen LogP contribution in [0.2, 0.25) is 10.0 Å². The third kappa shape index (κ3) is 3.46. The molecule has 0 aliphatic carbocycles. The number of ketones is 1. The summed E-state index contributed by atoms with van der Waals surface area (Å²) in [6, 6.07) is 11.0. The highest BCUT2D eigenvalue weighted by atomic mass is 35.5. The van der Waals surface area contributed by atoms with Crippen molar-refractivity contribution in [3.05, 3.63) is 57.6 Å². The summed E-state index contributed by atoms with van der Waals surface area (Å²) in [5, 5.41) is 1.26. The smallest absolute Gasteiger partial charge is 0.159 e. The minimum Gasteiger partial charge on any atom is -0.487 e. The van der Waals surface area contributed by atoms with E-state index in [9.17, 15) is 4.79 Å². The van der Waals surface area contributed by atoms with E-state index in [4.69, 9.17) is 27.9 Å². The zero-order chi connectivity index (χ0) is 16.6. The summed E-state index contributed by atoms with van der Waals surface area (Å²) in [4.78, 5) is 13.8. The SMILES string of the molecule is CC(=O)c1ccc2c(c1)N(Cc1ccc(Cl)cc1Cl)CC(C)O2. The number of benzene rings is 2. The second-order valence-corrected chi connectivity index (χ2v) is 6.63. The van der Waals surface area contributed by atoms with Crippen molar-refractivity contribution in [2.45, 2.75) is 26.5 Å². The molecular formula is C18H17Cl2NO2. The van der Waals surface area contributed by atoms with Crippen LogP contribution in [0, 0.1) is 0 Å². The number of ether oxygens (including phenoxy) is 1. The average molecular weight is 350 g/mol. The topological polar surface area (TPSA) is 29.5 Å². The molecule has 2 aromatic rings. The van der Waals surface area contributed by atoms with Crippen LogP contribution in [0.5, 0.6) is 5.75 Å². The maximum absolute atomic E-state index is 11.7. The monoisotopic (exact) mass is 349 g/mol. The van der Waals surface area contributed by atoms with E-state index in [-0.39, 0.29) is 11.9 Å². The molecule has 0 spiro atoms. The molecule has 0 saturated heterocycles. The van der Waals surface area contributed by atoms with Crippen LogP contribution in [-0.4, -0.2) is 18.4 Å². The third-order valence-corrected chi connectivity index (χ3v) is 4.48. The molecule has 1 atom stereocenters. The Balaban J connectivity index is 1.97. The van der Waals surface area contributed by atoms with Gasteiger partial charge >= 0.3 is 0 Å². The number of halogens is 2. The van der Waals surface area contributed by atoms with Crippen molar-refractivity contribution < 1.29 is 9.53 Å². The molecule has 0 bridgehead atoms. The van der Waals surface area contributed by atoms with E-state index in [2.05, 4.69) is 4.90 Å². The molecular weight excluding hydrogens is 333 g/mol. The Kier molecular flexibility index (Phi) is 4.51. The fraction of sp³-hybridized carbons (Fsp3) is 0.278. The summed E-state index contributed by atoms with van der Waals surface area (Å²) in [7, 11) is 0. The molecule has 120 valence electrons. The minimum atomic E-state index is 0.0379. The predicted molar refractivity (Wildman–Crippen MR) is 94.0 cm³/mol. The first kappa shape index (κ1) is 16.2. The van der Waals surface area contributed by atoms with Gasteiger partial charge in [-0.2, -0.15) is 0 Å². The van der Waals surface area contributed by atoms with Gasteiger partial charge in [0, 0.05) is 22.2 Å². The lowest BCUT2D eigenvalue weighted by molar-refractivity contribution is 0.101. The van der Waals surface area contributed by atoms with E-state index in [0.29, 0.717) is 22.2 Å². The largest absolute Gasteiger partial charge is 0.487 e. The fourth-order valence-corrected chi connectivity index (χ4v) is 3.22. The summed E-state index contributed by atoms with van der Waals surface area (Å²) >= 11 is 12.3. The van der Waals surface area contributed by atoms with Crippen LogP contribution >= 0.6 is 23.2 Å². The normalized spacial score (nSPS) is 16.7. The summed E-state index contributed by atoms with van der Waals surface area (Å²) in [6.07, 6.45) is 0.0664. The maximum atomic E-state index is 11.7. The Labute approximate surface area is 145 Å². The van der Waals surface area contributed by atoms with E-state index in [1.807, 2.05) is 31.2 Å². The van der Waals surface area contributed by atoms with Gasteiger partial charge in [0.2, 0.25) is 0 Å². The molecule has 1 heterocycles. The van der Waals surface area contributed by atoms with E-state index < -0.39 is 0 Å². The van der Waals surface area contributed by atoms with Crippen molar-refractivity contribution in [1.29, 1.82) is 0 Å². The fourth-order valence-electron chi connectivity index (χ4n) is 2.75. The predicted octanol–water partition coefficient (Wildman–Crippen LogP) is 4.98. The van der Waals surface area contributed by atoms with E-state index in [1.165, 1.54) is 0 Å². The lowest BCUT2D eigenvalue weighted by Crippen LogP contribution is -2.38. The lowest BCUT2D eigenvalue weighted by atomic mass is 10.1. The van der Waals surface area contributed by atoms with Crippen LogP contribution in [0.4, 0.5) is 5.69 Å². The Morgan fingerprint density at radius 2 is 2.04 bits per heavy atom. The molecule has 2 aromatic carbocycles. The van der Waals surface area contributed by atoms with Crippen molar-refractivity contribution in [2.75, 3.05) is 11.4 Å². The molecule has 3 rings (SSSR count). The summed E-state index contributed by atoms with van der Waals surface area (Å²) in [6.45, 7) is 4.96. The lowest BCUT2D eigenvalue weighted by Gasteiger charge is -2.35. The van der Waals surface area contributed by atoms with Gasteiger partial charge in [0.25, 0.3) is 0 Å². The van der Waals surface area contributed by atoms with Gasteiger partial charge in [-0.15, -0.1) is 0 Å². The molecule has 23 heavy (non-hydrogen) atoms. The summed E-state index contributed by atoms with van der Waals surface area (Å²) in [5.74, 6) is 0.828. The van der Waals surface area contributed by atoms with Crippen molar-refractivity contribution in [2.24, 2.45) is 0 Å². The number of anilines is 1. The average Bonchev–Trinajstić information content (AvgIpc) is 2.49. The quantitative estimate of drug-likeness (QED) is 0.731. The van der Waals surface area contributed by atoms with Gasteiger partial charge in [-0.1, -0.05) is 29.3 Å². The molecule has 0 amide bonds. The van der Waals surface area contributed by atoms with Crippen LogP contribution in [0.1, 0.15) is 29.8 Å². The molecule has 0 saturated carbocycles. The number of hydrogen-bond donors (Lipinski definition) is 0. The van der Waals surface area contributed by atoms with Gasteiger partial charge in [0.05, 0.1) is 12.2 Å². The molecule has 0 aromatic heterocycles. The van der Waals surface area contributed by atoms with Gasteiger partial charge < -0.3 is 9.64 Å². The Morgan fingerprint density at radius 1 is 1.26 bits per heavy atom. The van der Waals surface area contributed by atoms with Crippen LogP contribution in [0.25, 0.3) is 0 Å². The first-order valence-electron chi connectivity index (χ1n) is 7.44. The van der Waals surface area contributed by atoms with Crippen molar-refractivity contribution in [1.82, 2.24) is 0 Å². The Morgan fingerprint density at radius 3 is 2.74 bits per heavy atom. The molecule has 3 nitrogen and oxygen atoms in total. The molecule has 1 aliphatic rings. The minimum absolute atomic E-state index is 0.0379. The number of carbonyl (C=O) groups excluding carboxylic acids is 1. The second kappa shape index (κ2) is 6.42. The molecule has 5 heteroatoms. The van der Waals surface area contributed by atoms with Gasteiger partial charge in [0.15, 0.2) is 5.78 Å². The molecule has 0 N–H and O–H groups in total. The first-order chi connectivity index (χ1) is 10.9. The van der Waals surface area contributed by atoms with Crippen LogP contribution in [0.15, 0.2) is 36.4 Å². The number of Topliss-reactive ketones (excluding diaryl/α,β-unsaturated/α-hetero) is 1. The zero-order valence-electron chi connectivity index (χ0n) is 13.0. The van der Waals surface area contributed by atoms with Crippen molar-refractivity contribution in [3.8, 4) is 5.75 Å². The second-order valence-electron chi connectivity index (χ2n) is 5.78.